The number of alkyl halides is 1. The summed E-state index contributed by atoms with van der Waals surface area (Å²) in [5, 5.41) is 6.68. The van der Waals surface area contributed by atoms with Crippen LogP contribution in [0.25, 0.3) is 21.9 Å². The minimum atomic E-state index is -0.331. The van der Waals surface area contributed by atoms with Crippen molar-refractivity contribution in [3.63, 3.8) is 0 Å². The van der Waals surface area contributed by atoms with Crippen LogP contribution in [0.2, 0.25) is 0 Å². The van der Waals surface area contributed by atoms with Crippen LogP contribution in [0.1, 0.15) is 11.4 Å². The zero-order chi connectivity index (χ0) is 22.8. The molecule has 0 aliphatic carbocycles. The van der Waals surface area contributed by atoms with E-state index in [1.54, 1.807) is 0 Å². The summed E-state index contributed by atoms with van der Waals surface area (Å²) in [5.41, 5.74) is 4.12. The van der Waals surface area contributed by atoms with Gasteiger partial charge in [-0.25, -0.2) is 4.39 Å². The molecule has 5 rings (SSSR count). The molecule has 2 aliphatic rings. The highest BCUT2D eigenvalue weighted by Crippen LogP contribution is 2.29. The van der Waals surface area contributed by atoms with Crippen molar-refractivity contribution in [1.82, 2.24) is 29.5 Å². The Morgan fingerprint density at radius 3 is 2.64 bits per heavy atom. The summed E-state index contributed by atoms with van der Waals surface area (Å²) in [4.78, 5) is 23.9. The average molecular weight is 451 g/mol. The second kappa shape index (κ2) is 9.67. The number of nitrogens with zero attached hydrogens (tertiary/aromatic N) is 6. The summed E-state index contributed by atoms with van der Waals surface area (Å²) >= 11 is 0. The minimum absolute atomic E-state index is 0.209. The number of pyridine rings is 1. The van der Waals surface area contributed by atoms with E-state index in [0.29, 0.717) is 26.1 Å². The van der Waals surface area contributed by atoms with Crippen molar-refractivity contribution in [3.8, 4) is 11.1 Å². The molecular weight excluding hydrogens is 419 g/mol. The average Bonchev–Trinajstić information content (AvgIpc) is 3.23. The maximum absolute atomic E-state index is 12.9. The van der Waals surface area contributed by atoms with E-state index in [9.17, 15) is 9.18 Å². The SMILES string of the molecule is CN1CCN(CC(=O)Cc2cc3cc(-c4cnn5c4CN(CCF)CC5)ccc3cn2)CC1. The van der Waals surface area contributed by atoms with Gasteiger partial charge in [-0.15, -0.1) is 0 Å². The van der Waals surface area contributed by atoms with Crippen LogP contribution >= 0.6 is 0 Å². The lowest BCUT2D eigenvalue weighted by atomic mass is 10.0. The van der Waals surface area contributed by atoms with Gasteiger partial charge in [0.05, 0.1) is 31.4 Å². The Morgan fingerprint density at radius 1 is 1.00 bits per heavy atom. The first-order chi connectivity index (χ1) is 16.1. The lowest BCUT2D eigenvalue weighted by molar-refractivity contribution is -0.120. The molecule has 2 aromatic heterocycles. The van der Waals surface area contributed by atoms with E-state index in [1.165, 1.54) is 0 Å². The number of likely N-dealkylation sites (N-methyl/N-ethyl adjacent to an activating group) is 1. The number of ketones is 1. The molecule has 1 saturated heterocycles. The highest BCUT2D eigenvalue weighted by molar-refractivity contribution is 5.89. The molecule has 0 bridgehead atoms. The number of hydrogen-bond acceptors (Lipinski definition) is 6. The summed E-state index contributed by atoms with van der Waals surface area (Å²) in [6.45, 7) is 6.83. The Kier molecular flexibility index (Phi) is 6.48. The first-order valence-corrected chi connectivity index (χ1v) is 11.7. The second-order valence-corrected chi connectivity index (χ2v) is 9.23. The number of fused-ring (bicyclic) bond motifs is 2. The fourth-order valence-corrected chi connectivity index (χ4v) is 4.81. The summed E-state index contributed by atoms with van der Waals surface area (Å²) < 4.78 is 14.9. The fourth-order valence-electron chi connectivity index (χ4n) is 4.81. The summed E-state index contributed by atoms with van der Waals surface area (Å²) in [6, 6.07) is 8.34. The van der Waals surface area contributed by atoms with Crippen LogP contribution in [0.15, 0.2) is 36.7 Å². The molecule has 1 aromatic carbocycles. The monoisotopic (exact) mass is 450 g/mol. The molecule has 0 unspecified atom stereocenters. The highest BCUT2D eigenvalue weighted by Gasteiger charge is 2.21. The van der Waals surface area contributed by atoms with Crippen molar-refractivity contribution >= 4 is 16.6 Å². The first-order valence-electron chi connectivity index (χ1n) is 11.7. The molecule has 2 aliphatic heterocycles. The smallest absolute Gasteiger partial charge is 0.152 e. The van der Waals surface area contributed by atoms with Gasteiger partial charge in [-0.3, -0.25) is 24.3 Å². The number of carbonyl (C=O) groups is 1. The van der Waals surface area contributed by atoms with Crippen molar-refractivity contribution in [2.24, 2.45) is 0 Å². The van der Waals surface area contributed by atoms with Gasteiger partial charge in [-0.1, -0.05) is 12.1 Å². The predicted molar refractivity (Wildman–Crippen MR) is 127 cm³/mol. The topological polar surface area (TPSA) is 57.5 Å². The van der Waals surface area contributed by atoms with Crippen LogP contribution in [-0.4, -0.2) is 94.8 Å². The van der Waals surface area contributed by atoms with E-state index < -0.39 is 0 Å². The molecule has 0 radical (unpaired) electrons. The molecule has 7 nitrogen and oxygen atoms in total. The Bertz CT molecular complexity index is 1140. The van der Waals surface area contributed by atoms with Crippen LogP contribution in [0, 0.1) is 0 Å². The number of hydrogen-bond donors (Lipinski definition) is 0. The fraction of sp³-hybridized carbons (Fsp3) is 0.480. The molecule has 33 heavy (non-hydrogen) atoms. The van der Waals surface area contributed by atoms with E-state index in [4.69, 9.17) is 0 Å². The van der Waals surface area contributed by atoms with E-state index in [-0.39, 0.29) is 12.5 Å². The summed E-state index contributed by atoms with van der Waals surface area (Å²) in [6.07, 6.45) is 4.12. The number of halogens is 1. The molecule has 0 atom stereocenters. The molecule has 174 valence electrons. The van der Waals surface area contributed by atoms with Gasteiger partial charge in [0, 0.05) is 68.7 Å². The van der Waals surface area contributed by atoms with Crippen molar-refractivity contribution < 1.29 is 9.18 Å². The zero-order valence-corrected chi connectivity index (χ0v) is 19.2. The van der Waals surface area contributed by atoms with Crippen molar-refractivity contribution in [1.29, 1.82) is 0 Å². The lowest BCUT2D eigenvalue weighted by Gasteiger charge is -2.31. The van der Waals surface area contributed by atoms with Crippen molar-refractivity contribution in [2.45, 2.75) is 19.5 Å². The van der Waals surface area contributed by atoms with Crippen LogP contribution in [0.4, 0.5) is 4.39 Å². The van der Waals surface area contributed by atoms with Crippen molar-refractivity contribution in [3.05, 3.63) is 48.0 Å². The Hall–Kier alpha value is -2.68. The van der Waals surface area contributed by atoms with Crippen molar-refractivity contribution in [2.75, 3.05) is 59.5 Å². The molecular formula is C25H31FN6O. The first kappa shape index (κ1) is 22.1. The largest absolute Gasteiger partial charge is 0.304 e. The number of Topliss-reactive ketones (excluding diaryl/α,β-unsaturated/α-hetero) is 1. The van der Waals surface area contributed by atoms with Gasteiger partial charge in [0.15, 0.2) is 5.78 Å². The van der Waals surface area contributed by atoms with Gasteiger partial charge in [0.2, 0.25) is 0 Å². The molecule has 0 saturated carbocycles. The minimum Gasteiger partial charge on any atom is -0.304 e. The highest BCUT2D eigenvalue weighted by atomic mass is 19.1. The standard InChI is InChI=1S/C25H31FN6O/c1-29-6-8-31(9-7-29)17-23(33)14-22-13-21-12-19(2-3-20(21)15-27-22)24-16-28-32-11-10-30(5-4-26)18-25(24)32/h2-3,12-13,15-16H,4-11,14,17-18H2,1H3. The van der Waals surface area contributed by atoms with Gasteiger partial charge in [0.1, 0.15) is 6.67 Å². The lowest BCUT2D eigenvalue weighted by Crippen LogP contribution is -2.46. The van der Waals surface area contributed by atoms with Crippen LogP contribution in [0.3, 0.4) is 0 Å². The Labute approximate surface area is 193 Å². The third-order valence-corrected chi connectivity index (χ3v) is 6.81. The van der Waals surface area contributed by atoms with Gasteiger partial charge >= 0.3 is 0 Å². The van der Waals surface area contributed by atoms with Gasteiger partial charge in [0.25, 0.3) is 0 Å². The van der Waals surface area contributed by atoms with E-state index in [2.05, 4.69) is 50.0 Å². The normalized spacial score (nSPS) is 18.0. The molecule has 3 aromatic rings. The second-order valence-electron chi connectivity index (χ2n) is 9.23. The molecule has 1 fully saturated rings. The predicted octanol–water partition coefficient (Wildman–Crippen LogP) is 2.24. The van der Waals surface area contributed by atoms with E-state index in [1.807, 2.05) is 23.1 Å². The number of aromatic nitrogens is 3. The van der Waals surface area contributed by atoms with Gasteiger partial charge in [-0.2, -0.15) is 5.10 Å². The summed E-state index contributed by atoms with van der Waals surface area (Å²) in [5.74, 6) is 0.209. The zero-order valence-electron chi connectivity index (χ0n) is 19.2. The van der Waals surface area contributed by atoms with Crippen LogP contribution in [-0.2, 0) is 24.3 Å². The van der Waals surface area contributed by atoms with Crippen LogP contribution < -0.4 is 0 Å². The number of piperazine rings is 1. The molecule has 4 heterocycles. The van der Waals surface area contributed by atoms with E-state index in [0.717, 1.165) is 72.6 Å². The van der Waals surface area contributed by atoms with Gasteiger partial charge < -0.3 is 4.90 Å². The molecule has 0 amide bonds. The summed E-state index contributed by atoms with van der Waals surface area (Å²) in [7, 11) is 2.12. The third kappa shape index (κ3) is 4.98. The molecule has 0 spiro atoms. The van der Waals surface area contributed by atoms with E-state index >= 15 is 0 Å². The maximum Gasteiger partial charge on any atom is 0.152 e. The number of benzene rings is 1. The molecule has 8 heteroatoms. The van der Waals surface area contributed by atoms with Crippen LogP contribution in [0.5, 0.6) is 0 Å². The third-order valence-electron chi connectivity index (χ3n) is 6.81. The maximum atomic E-state index is 12.9. The Morgan fingerprint density at radius 2 is 1.82 bits per heavy atom. The molecule has 0 N–H and O–H groups in total. The van der Waals surface area contributed by atoms with Gasteiger partial charge in [-0.05, 0) is 30.1 Å². The Balaban J connectivity index is 1.33. The quantitative estimate of drug-likeness (QED) is 0.550. The number of carbonyl (C=O) groups excluding carboxylic acids is 1. The number of rotatable bonds is 7.